The van der Waals surface area contributed by atoms with E-state index in [4.69, 9.17) is 16.3 Å². The molecule has 0 fully saturated rings. The van der Waals surface area contributed by atoms with Gasteiger partial charge in [0.1, 0.15) is 16.5 Å². The summed E-state index contributed by atoms with van der Waals surface area (Å²) in [4.78, 5) is 24.9. The third kappa shape index (κ3) is 3.68. The van der Waals surface area contributed by atoms with Crippen molar-refractivity contribution >= 4 is 23.5 Å². The van der Waals surface area contributed by atoms with E-state index in [-0.39, 0.29) is 23.2 Å². The quantitative estimate of drug-likeness (QED) is 0.801. The number of benzene rings is 1. The second-order valence-electron chi connectivity index (χ2n) is 5.00. The maximum absolute atomic E-state index is 13.0. The molecule has 1 heterocycles. The van der Waals surface area contributed by atoms with Gasteiger partial charge in [0.05, 0.1) is 11.4 Å². The van der Waals surface area contributed by atoms with Gasteiger partial charge in [-0.1, -0.05) is 11.6 Å². The molecule has 1 aromatic heterocycles. The molecule has 8 heteroatoms. The van der Waals surface area contributed by atoms with E-state index >= 15 is 0 Å². The van der Waals surface area contributed by atoms with Gasteiger partial charge in [0, 0.05) is 14.1 Å². The fourth-order valence-corrected chi connectivity index (χ4v) is 2.16. The van der Waals surface area contributed by atoms with Crippen molar-refractivity contribution in [2.24, 2.45) is 0 Å². The number of ether oxygens (including phenoxy) is 1. The van der Waals surface area contributed by atoms with Gasteiger partial charge in [-0.15, -0.1) is 0 Å². The number of amides is 1. The van der Waals surface area contributed by atoms with Crippen molar-refractivity contribution in [1.82, 2.24) is 14.7 Å². The number of carbonyl (C=O) groups excluding carboxylic acids is 2. The smallest absolute Gasteiger partial charge is 0.343 e. The van der Waals surface area contributed by atoms with Gasteiger partial charge in [0.15, 0.2) is 6.61 Å². The lowest BCUT2D eigenvalue weighted by Gasteiger charge is -2.10. The van der Waals surface area contributed by atoms with E-state index in [1.807, 2.05) is 0 Å². The molecule has 6 nitrogen and oxygen atoms in total. The van der Waals surface area contributed by atoms with Crippen LogP contribution in [0.25, 0.3) is 5.69 Å². The molecule has 1 amide bonds. The van der Waals surface area contributed by atoms with E-state index in [0.29, 0.717) is 11.4 Å². The maximum Gasteiger partial charge on any atom is 0.343 e. The van der Waals surface area contributed by atoms with Crippen molar-refractivity contribution in [1.29, 1.82) is 0 Å². The number of rotatable bonds is 4. The van der Waals surface area contributed by atoms with Crippen LogP contribution in [0, 0.1) is 12.7 Å². The summed E-state index contributed by atoms with van der Waals surface area (Å²) in [7, 11) is 3.11. The molecule has 0 unspecified atom stereocenters. The third-order valence-corrected chi connectivity index (χ3v) is 3.45. The molecule has 0 bridgehead atoms. The molecule has 2 rings (SSSR count). The number of hydrogen-bond donors (Lipinski definition) is 0. The van der Waals surface area contributed by atoms with Crippen LogP contribution in [0.3, 0.4) is 0 Å². The first-order chi connectivity index (χ1) is 10.8. The van der Waals surface area contributed by atoms with E-state index < -0.39 is 11.8 Å². The van der Waals surface area contributed by atoms with Gasteiger partial charge in [-0.25, -0.2) is 13.9 Å². The summed E-state index contributed by atoms with van der Waals surface area (Å²) in [6, 6.07) is 5.49. The Kier molecular flexibility index (Phi) is 5.00. The Bertz CT molecular complexity index is 741. The standard InChI is InChI=1S/C15H15ClFN3O3/c1-9-13(15(22)23-8-12(21)19(2)3)14(16)20(18-9)11-6-4-10(17)5-7-11/h4-7H,8H2,1-3H3. The zero-order valence-electron chi connectivity index (χ0n) is 12.8. The lowest BCUT2D eigenvalue weighted by atomic mass is 10.2. The number of aromatic nitrogens is 2. The summed E-state index contributed by atoms with van der Waals surface area (Å²) in [6.07, 6.45) is 0. The number of hydrogen-bond acceptors (Lipinski definition) is 4. The fourth-order valence-electron chi connectivity index (χ4n) is 1.81. The van der Waals surface area contributed by atoms with Crippen LogP contribution in [-0.4, -0.2) is 47.3 Å². The average molecular weight is 340 g/mol. The minimum absolute atomic E-state index is 0.0383. The molecule has 1 aromatic carbocycles. The monoisotopic (exact) mass is 339 g/mol. The number of likely N-dealkylation sites (N-methyl/N-ethyl adjacent to an activating group) is 1. The lowest BCUT2D eigenvalue weighted by molar-refractivity contribution is -0.131. The van der Waals surface area contributed by atoms with Crippen molar-refractivity contribution in [3.8, 4) is 5.69 Å². The largest absolute Gasteiger partial charge is 0.452 e. The Morgan fingerprint density at radius 2 is 1.91 bits per heavy atom. The summed E-state index contributed by atoms with van der Waals surface area (Å²) in [5, 5.41) is 4.20. The van der Waals surface area contributed by atoms with Crippen molar-refractivity contribution in [2.75, 3.05) is 20.7 Å². The van der Waals surface area contributed by atoms with Crippen LogP contribution in [0.15, 0.2) is 24.3 Å². The van der Waals surface area contributed by atoms with Gasteiger partial charge in [0.2, 0.25) is 0 Å². The van der Waals surface area contributed by atoms with Gasteiger partial charge in [-0.05, 0) is 31.2 Å². The Labute approximate surface area is 137 Å². The van der Waals surface area contributed by atoms with Crippen molar-refractivity contribution < 1.29 is 18.7 Å². The molecular formula is C15H15ClFN3O3. The molecule has 0 aliphatic carbocycles. The topological polar surface area (TPSA) is 64.4 Å². The summed E-state index contributed by atoms with van der Waals surface area (Å²) in [5.41, 5.74) is 0.923. The van der Waals surface area contributed by atoms with Crippen LogP contribution in [-0.2, 0) is 9.53 Å². The van der Waals surface area contributed by atoms with E-state index in [1.54, 1.807) is 21.0 Å². The first-order valence-corrected chi connectivity index (χ1v) is 7.07. The molecule has 0 saturated carbocycles. The number of carbonyl (C=O) groups is 2. The van der Waals surface area contributed by atoms with Gasteiger partial charge in [-0.2, -0.15) is 5.10 Å². The maximum atomic E-state index is 13.0. The van der Waals surface area contributed by atoms with Crippen LogP contribution in [0.1, 0.15) is 16.1 Å². The van der Waals surface area contributed by atoms with Crippen LogP contribution < -0.4 is 0 Å². The van der Waals surface area contributed by atoms with Crippen molar-refractivity contribution in [3.05, 3.63) is 46.5 Å². The number of aryl methyl sites for hydroxylation is 1. The molecule has 0 N–H and O–H groups in total. The molecule has 23 heavy (non-hydrogen) atoms. The van der Waals surface area contributed by atoms with Crippen LogP contribution >= 0.6 is 11.6 Å². The highest BCUT2D eigenvalue weighted by Gasteiger charge is 2.23. The van der Waals surface area contributed by atoms with E-state index in [9.17, 15) is 14.0 Å². The van der Waals surface area contributed by atoms with E-state index in [0.717, 1.165) is 0 Å². The molecule has 0 atom stereocenters. The molecule has 2 aromatic rings. The Morgan fingerprint density at radius 3 is 2.48 bits per heavy atom. The Hall–Kier alpha value is -2.41. The van der Waals surface area contributed by atoms with Gasteiger partial charge < -0.3 is 9.64 Å². The lowest BCUT2D eigenvalue weighted by Crippen LogP contribution is -2.27. The van der Waals surface area contributed by atoms with Gasteiger partial charge >= 0.3 is 5.97 Å². The molecule has 0 aliphatic heterocycles. The van der Waals surface area contributed by atoms with Crippen LogP contribution in [0.4, 0.5) is 4.39 Å². The summed E-state index contributed by atoms with van der Waals surface area (Å²) < 4.78 is 19.2. The summed E-state index contributed by atoms with van der Waals surface area (Å²) in [5.74, 6) is -1.48. The SMILES string of the molecule is Cc1nn(-c2ccc(F)cc2)c(Cl)c1C(=O)OCC(=O)N(C)C. The van der Waals surface area contributed by atoms with Crippen LogP contribution in [0.5, 0.6) is 0 Å². The zero-order valence-corrected chi connectivity index (χ0v) is 13.6. The molecule has 0 radical (unpaired) electrons. The Morgan fingerprint density at radius 1 is 1.30 bits per heavy atom. The fraction of sp³-hybridized carbons (Fsp3) is 0.267. The second kappa shape index (κ2) is 6.78. The predicted octanol–water partition coefficient (Wildman–Crippen LogP) is 2.22. The number of nitrogens with zero attached hydrogens (tertiary/aromatic N) is 3. The van der Waals surface area contributed by atoms with E-state index in [1.165, 1.54) is 33.8 Å². The van der Waals surface area contributed by atoms with Gasteiger partial charge in [-0.3, -0.25) is 4.79 Å². The second-order valence-corrected chi connectivity index (χ2v) is 5.36. The zero-order chi connectivity index (χ0) is 17.1. The molecular weight excluding hydrogens is 325 g/mol. The number of esters is 1. The average Bonchev–Trinajstić information content (AvgIpc) is 2.80. The minimum Gasteiger partial charge on any atom is -0.452 e. The molecule has 0 spiro atoms. The van der Waals surface area contributed by atoms with E-state index in [2.05, 4.69) is 5.10 Å². The minimum atomic E-state index is -0.740. The Balaban J connectivity index is 2.25. The molecule has 0 saturated heterocycles. The highest BCUT2D eigenvalue weighted by molar-refractivity contribution is 6.33. The van der Waals surface area contributed by atoms with Gasteiger partial charge in [0.25, 0.3) is 5.91 Å². The molecule has 122 valence electrons. The summed E-state index contributed by atoms with van der Waals surface area (Å²) in [6.45, 7) is 1.21. The highest BCUT2D eigenvalue weighted by atomic mass is 35.5. The first-order valence-electron chi connectivity index (χ1n) is 6.69. The molecule has 0 aliphatic rings. The first kappa shape index (κ1) is 17.0. The third-order valence-electron chi connectivity index (χ3n) is 3.10. The highest BCUT2D eigenvalue weighted by Crippen LogP contribution is 2.24. The normalized spacial score (nSPS) is 10.5. The van der Waals surface area contributed by atoms with Crippen molar-refractivity contribution in [3.63, 3.8) is 0 Å². The van der Waals surface area contributed by atoms with Crippen LogP contribution in [0.2, 0.25) is 5.15 Å². The number of halogens is 2. The van der Waals surface area contributed by atoms with Crippen molar-refractivity contribution in [2.45, 2.75) is 6.92 Å². The predicted molar refractivity (Wildman–Crippen MR) is 82.2 cm³/mol. The summed E-state index contributed by atoms with van der Waals surface area (Å²) >= 11 is 6.19.